The van der Waals surface area contributed by atoms with Gasteiger partial charge in [0.2, 0.25) is 6.19 Å². The molecule has 0 unspecified atom stereocenters. The second-order valence-corrected chi connectivity index (χ2v) is 3.79. The number of methoxy groups -OCH3 is 1. The molecule has 0 saturated carbocycles. The van der Waals surface area contributed by atoms with Gasteiger partial charge in [0.25, 0.3) is 0 Å². The molecule has 20 heavy (non-hydrogen) atoms. The molecule has 100 valence electrons. The Hall–Kier alpha value is -3.00. The number of ether oxygens (including phenoxy) is 2. The monoisotopic (exact) mass is 267 g/mol. The quantitative estimate of drug-likeness (QED) is 0.527. The van der Waals surface area contributed by atoms with Crippen LogP contribution in [0.25, 0.3) is 0 Å². The maximum atomic E-state index is 8.70. The summed E-state index contributed by atoms with van der Waals surface area (Å²) in [4.78, 5) is 3.61. The summed E-state index contributed by atoms with van der Waals surface area (Å²) in [6, 6.07) is 16.4. The summed E-state index contributed by atoms with van der Waals surface area (Å²) >= 11 is 0. The Bertz CT molecular complexity index is 616. The lowest BCUT2D eigenvalue weighted by molar-refractivity contribution is 0.415. The number of rotatable bonds is 3. The van der Waals surface area contributed by atoms with Gasteiger partial charge in [-0.3, -0.25) is 0 Å². The molecular formula is C15H13N3O2. The first-order chi connectivity index (χ1) is 9.81. The zero-order valence-electron chi connectivity index (χ0n) is 10.9. The van der Waals surface area contributed by atoms with Crippen molar-refractivity contribution in [3.63, 3.8) is 0 Å². The van der Waals surface area contributed by atoms with Crippen molar-refractivity contribution < 1.29 is 9.47 Å². The average molecular weight is 267 g/mol. The Morgan fingerprint density at radius 3 is 2.35 bits per heavy atom. The topological polar surface area (TPSA) is 66.6 Å². The van der Waals surface area contributed by atoms with Gasteiger partial charge in [0.1, 0.15) is 11.5 Å². The second kappa shape index (κ2) is 6.81. The molecule has 2 aromatic carbocycles. The Morgan fingerprint density at radius 2 is 1.75 bits per heavy atom. The Balaban J connectivity index is 2.10. The van der Waals surface area contributed by atoms with Crippen LogP contribution in [0.5, 0.6) is 11.5 Å². The lowest BCUT2D eigenvalue weighted by Crippen LogP contribution is -2.19. The van der Waals surface area contributed by atoms with E-state index in [0.717, 1.165) is 11.4 Å². The van der Waals surface area contributed by atoms with Crippen molar-refractivity contribution in [3.05, 3.63) is 54.6 Å². The predicted molar refractivity (Wildman–Crippen MR) is 76.7 cm³/mol. The fourth-order valence-corrected chi connectivity index (χ4v) is 1.52. The molecule has 0 aliphatic rings. The van der Waals surface area contributed by atoms with E-state index in [2.05, 4.69) is 10.3 Å². The van der Waals surface area contributed by atoms with Gasteiger partial charge in [0.15, 0.2) is 0 Å². The molecule has 0 aromatic heterocycles. The van der Waals surface area contributed by atoms with Crippen LogP contribution in [0.15, 0.2) is 59.6 Å². The van der Waals surface area contributed by atoms with Crippen LogP contribution in [0.3, 0.4) is 0 Å². The predicted octanol–water partition coefficient (Wildman–Crippen LogP) is 3.02. The number of para-hydroxylation sites is 1. The van der Waals surface area contributed by atoms with Crippen molar-refractivity contribution in [3.8, 4) is 17.7 Å². The molecule has 0 amide bonds. The van der Waals surface area contributed by atoms with Crippen molar-refractivity contribution in [2.75, 3.05) is 12.4 Å². The molecule has 2 rings (SSSR count). The standard InChI is InChI=1S/C15H13N3O2/c1-19-13-9-7-12(8-10-13)18-15(17-11-16)20-14-5-3-2-4-6-14/h2-10H,1H3,(H,17,18). The van der Waals surface area contributed by atoms with Crippen molar-refractivity contribution in [1.29, 1.82) is 5.26 Å². The summed E-state index contributed by atoms with van der Waals surface area (Å²) in [5.41, 5.74) is 0.746. The van der Waals surface area contributed by atoms with Crippen molar-refractivity contribution in [1.82, 2.24) is 0 Å². The van der Waals surface area contributed by atoms with E-state index in [1.165, 1.54) is 0 Å². The van der Waals surface area contributed by atoms with Crippen LogP contribution in [0.1, 0.15) is 0 Å². The number of anilines is 1. The maximum absolute atomic E-state index is 8.70. The molecule has 0 spiro atoms. The fourth-order valence-electron chi connectivity index (χ4n) is 1.52. The maximum Gasteiger partial charge on any atom is 0.310 e. The minimum Gasteiger partial charge on any atom is -0.497 e. The van der Waals surface area contributed by atoms with Crippen molar-refractivity contribution >= 4 is 11.7 Å². The molecule has 0 radical (unpaired) electrons. The number of amidine groups is 1. The first-order valence-electron chi connectivity index (χ1n) is 5.92. The molecule has 2 aromatic rings. The summed E-state index contributed by atoms with van der Waals surface area (Å²) in [6.45, 7) is 0. The molecule has 0 heterocycles. The van der Waals surface area contributed by atoms with Gasteiger partial charge in [-0.15, -0.1) is 4.99 Å². The first kappa shape index (κ1) is 13.4. The van der Waals surface area contributed by atoms with Gasteiger partial charge in [0.05, 0.1) is 7.11 Å². The molecule has 5 heteroatoms. The van der Waals surface area contributed by atoms with Crippen LogP contribution in [0.2, 0.25) is 0 Å². The van der Waals surface area contributed by atoms with Gasteiger partial charge in [-0.25, -0.2) is 0 Å². The summed E-state index contributed by atoms with van der Waals surface area (Å²) in [5.74, 6) is 1.35. The number of hydrogen-bond donors (Lipinski definition) is 1. The molecule has 0 fully saturated rings. The highest BCUT2D eigenvalue weighted by Crippen LogP contribution is 2.16. The van der Waals surface area contributed by atoms with Gasteiger partial charge in [-0.2, -0.15) is 5.26 Å². The minimum atomic E-state index is 0.115. The van der Waals surface area contributed by atoms with E-state index < -0.39 is 0 Å². The Kier molecular flexibility index (Phi) is 4.57. The van der Waals surface area contributed by atoms with Crippen LogP contribution >= 0.6 is 0 Å². The highest BCUT2D eigenvalue weighted by atomic mass is 16.5. The lowest BCUT2D eigenvalue weighted by atomic mass is 10.3. The van der Waals surface area contributed by atoms with Crippen molar-refractivity contribution in [2.24, 2.45) is 4.99 Å². The van der Waals surface area contributed by atoms with E-state index in [4.69, 9.17) is 14.7 Å². The zero-order chi connectivity index (χ0) is 14.2. The van der Waals surface area contributed by atoms with E-state index in [0.29, 0.717) is 5.75 Å². The van der Waals surface area contributed by atoms with Gasteiger partial charge >= 0.3 is 6.02 Å². The Labute approximate surface area is 117 Å². The van der Waals surface area contributed by atoms with Gasteiger partial charge in [0, 0.05) is 5.69 Å². The smallest absolute Gasteiger partial charge is 0.310 e. The van der Waals surface area contributed by atoms with E-state index in [-0.39, 0.29) is 6.02 Å². The van der Waals surface area contributed by atoms with Crippen molar-refractivity contribution in [2.45, 2.75) is 0 Å². The number of nitrogens with zero attached hydrogens (tertiary/aromatic N) is 2. The summed E-state index contributed by atoms with van der Waals surface area (Å²) in [5, 5.41) is 11.6. The SMILES string of the molecule is COc1ccc(NC(=NC#N)Oc2ccccc2)cc1. The number of aliphatic imine (C=N–C) groups is 1. The van der Waals surface area contributed by atoms with Crippen LogP contribution in [-0.4, -0.2) is 13.1 Å². The molecule has 1 N–H and O–H groups in total. The van der Waals surface area contributed by atoms with Crippen LogP contribution < -0.4 is 14.8 Å². The molecule has 0 saturated heterocycles. The van der Waals surface area contributed by atoms with Crippen LogP contribution in [-0.2, 0) is 0 Å². The molecule has 0 aliphatic heterocycles. The highest BCUT2D eigenvalue weighted by molar-refractivity contribution is 5.91. The largest absolute Gasteiger partial charge is 0.497 e. The minimum absolute atomic E-state index is 0.115. The number of hydrogen-bond acceptors (Lipinski definition) is 4. The second-order valence-electron chi connectivity index (χ2n) is 3.79. The number of nitrogens with one attached hydrogen (secondary N) is 1. The zero-order valence-corrected chi connectivity index (χ0v) is 10.9. The molecule has 5 nitrogen and oxygen atoms in total. The highest BCUT2D eigenvalue weighted by Gasteiger charge is 2.03. The molecule has 0 atom stereocenters. The first-order valence-corrected chi connectivity index (χ1v) is 5.92. The summed E-state index contributed by atoms with van der Waals surface area (Å²) in [6.07, 6.45) is 1.71. The molecule has 0 aliphatic carbocycles. The Morgan fingerprint density at radius 1 is 1.05 bits per heavy atom. The third-order valence-corrected chi connectivity index (χ3v) is 2.45. The summed E-state index contributed by atoms with van der Waals surface area (Å²) < 4.78 is 10.6. The summed E-state index contributed by atoms with van der Waals surface area (Å²) in [7, 11) is 1.60. The third-order valence-electron chi connectivity index (χ3n) is 2.45. The van der Waals surface area contributed by atoms with E-state index >= 15 is 0 Å². The number of nitriles is 1. The molecule has 0 bridgehead atoms. The van der Waals surface area contributed by atoms with Gasteiger partial charge in [-0.1, -0.05) is 18.2 Å². The third kappa shape index (κ3) is 3.75. The fraction of sp³-hybridized carbons (Fsp3) is 0.0667. The van der Waals surface area contributed by atoms with E-state index in [1.54, 1.807) is 49.7 Å². The molecular weight excluding hydrogens is 254 g/mol. The van der Waals surface area contributed by atoms with Gasteiger partial charge in [-0.05, 0) is 36.4 Å². The van der Waals surface area contributed by atoms with Gasteiger partial charge < -0.3 is 14.8 Å². The van der Waals surface area contributed by atoms with E-state index in [9.17, 15) is 0 Å². The average Bonchev–Trinajstić information content (AvgIpc) is 2.49. The lowest BCUT2D eigenvalue weighted by Gasteiger charge is -2.10. The normalized spacial score (nSPS) is 10.5. The van der Waals surface area contributed by atoms with Crippen LogP contribution in [0, 0.1) is 11.5 Å². The van der Waals surface area contributed by atoms with E-state index in [1.807, 2.05) is 18.2 Å². The van der Waals surface area contributed by atoms with Crippen LogP contribution in [0.4, 0.5) is 5.69 Å². The number of benzene rings is 2.